The monoisotopic (exact) mass is 285 g/mol. The quantitative estimate of drug-likeness (QED) is 0.940. The van der Waals surface area contributed by atoms with Crippen molar-refractivity contribution in [1.29, 1.82) is 0 Å². The maximum absolute atomic E-state index is 12.3. The summed E-state index contributed by atoms with van der Waals surface area (Å²) in [6.07, 6.45) is 4.16. The Morgan fingerprint density at radius 3 is 2.90 bits per heavy atom. The van der Waals surface area contributed by atoms with E-state index in [9.17, 15) is 4.79 Å². The van der Waals surface area contributed by atoms with Crippen molar-refractivity contribution in [2.75, 3.05) is 19.7 Å². The normalized spacial score (nSPS) is 18.7. The number of morpholine rings is 1. The Balaban J connectivity index is 1.71. The molecule has 0 saturated carbocycles. The third kappa shape index (κ3) is 2.97. The van der Waals surface area contributed by atoms with Crippen molar-refractivity contribution in [2.24, 2.45) is 0 Å². The van der Waals surface area contributed by atoms with E-state index in [1.54, 1.807) is 12.4 Å². The number of H-pyrrole nitrogens is 1. The minimum atomic E-state index is -0.0551. The second-order valence-electron chi connectivity index (χ2n) is 5.19. The molecule has 1 N–H and O–H groups in total. The standard InChI is InChI=1S/C16H19N3O2/c1-2-12-3-5-13(6-4-12)15-11-19(7-8-21-15)16(20)14-9-17-18-10-14/h3-6,9-10,15H,2,7-8,11H2,1H3,(H,17,18). The smallest absolute Gasteiger partial charge is 0.257 e. The van der Waals surface area contributed by atoms with Gasteiger partial charge in [0, 0.05) is 12.7 Å². The van der Waals surface area contributed by atoms with Crippen molar-refractivity contribution in [1.82, 2.24) is 15.1 Å². The van der Waals surface area contributed by atoms with Gasteiger partial charge in [0.15, 0.2) is 0 Å². The molecule has 1 aromatic carbocycles. The van der Waals surface area contributed by atoms with E-state index in [0.29, 0.717) is 25.3 Å². The Morgan fingerprint density at radius 2 is 2.24 bits per heavy atom. The zero-order chi connectivity index (χ0) is 14.7. The van der Waals surface area contributed by atoms with Gasteiger partial charge < -0.3 is 9.64 Å². The number of nitrogens with zero attached hydrogens (tertiary/aromatic N) is 2. The van der Waals surface area contributed by atoms with E-state index in [-0.39, 0.29) is 12.0 Å². The van der Waals surface area contributed by atoms with Gasteiger partial charge in [0.2, 0.25) is 0 Å². The second-order valence-corrected chi connectivity index (χ2v) is 5.19. The SMILES string of the molecule is CCc1ccc(C2CN(C(=O)c3cn[nH]c3)CCO2)cc1. The highest BCUT2D eigenvalue weighted by Gasteiger charge is 2.26. The van der Waals surface area contributed by atoms with Crippen molar-refractivity contribution in [2.45, 2.75) is 19.4 Å². The molecule has 1 amide bonds. The van der Waals surface area contributed by atoms with E-state index in [0.717, 1.165) is 12.0 Å². The minimum absolute atomic E-state index is 0.00206. The van der Waals surface area contributed by atoms with E-state index in [2.05, 4.69) is 41.4 Å². The van der Waals surface area contributed by atoms with E-state index >= 15 is 0 Å². The molecule has 0 aliphatic carbocycles. The van der Waals surface area contributed by atoms with Gasteiger partial charge in [-0.3, -0.25) is 9.89 Å². The van der Waals surface area contributed by atoms with Gasteiger partial charge in [0.1, 0.15) is 6.10 Å². The van der Waals surface area contributed by atoms with Crippen LogP contribution in [0.25, 0.3) is 0 Å². The van der Waals surface area contributed by atoms with E-state index in [1.807, 2.05) is 4.90 Å². The topological polar surface area (TPSA) is 58.2 Å². The first-order chi connectivity index (χ1) is 10.3. The van der Waals surface area contributed by atoms with Gasteiger partial charge in [-0.1, -0.05) is 31.2 Å². The zero-order valence-electron chi connectivity index (χ0n) is 12.1. The third-order valence-corrected chi connectivity index (χ3v) is 3.86. The van der Waals surface area contributed by atoms with Gasteiger partial charge in [-0.15, -0.1) is 0 Å². The van der Waals surface area contributed by atoms with E-state index in [1.165, 1.54) is 5.56 Å². The number of hydrogen-bond acceptors (Lipinski definition) is 3. The Morgan fingerprint density at radius 1 is 1.43 bits per heavy atom. The van der Waals surface area contributed by atoms with Crippen LogP contribution in [0, 0.1) is 0 Å². The van der Waals surface area contributed by atoms with Gasteiger partial charge in [-0.2, -0.15) is 5.10 Å². The molecule has 0 radical (unpaired) electrons. The summed E-state index contributed by atoms with van der Waals surface area (Å²) in [6.45, 7) is 3.89. The molecule has 5 nitrogen and oxygen atoms in total. The molecule has 1 aromatic heterocycles. The number of carbonyl (C=O) groups is 1. The summed E-state index contributed by atoms with van der Waals surface area (Å²) < 4.78 is 5.82. The number of carbonyl (C=O) groups excluding carboxylic acids is 1. The lowest BCUT2D eigenvalue weighted by Crippen LogP contribution is -2.42. The molecular weight excluding hydrogens is 266 g/mol. The average Bonchev–Trinajstić information content (AvgIpc) is 3.09. The largest absolute Gasteiger partial charge is 0.370 e. The first-order valence-electron chi connectivity index (χ1n) is 7.26. The Labute approximate surface area is 123 Å². The average molecular weight is 285 g/mol. The van der Waals surface area contributed by atoms with Crippen LogP contribution >= 0.6 is 0 Å². The van der Waals surface area contributed by atoms with Crippen LogP contribution < -0.4 is 0 Å². The number of aromatic amines is 1. The van der Waals surface area contributed by atoms with Crippen LogP contribution in [0.4, 0.5) is 0 Å². The van der Waals surface area contributed by atoms with Crippen LogP contribution in [0.2, 0.25) is 0 Å². The minimum Gasteiger partial charge on any atom is -0.370 e. The highest BCUT2D eigenvalue weighted by atomic mass is 16.5. The Kier molecular flexibility index (Phi) is 4.01. The molecule has 1 unspecified atom stereocenters. The molecular formula is C16H19N3O2. The fourth-order valence-electron chi connectivity index (χ4n) is 2.55. The molecule has 0 bridgehead atoms. The lowest BCUT2D eigenvalue weighted by Gasteiger charge is -2.33. The Bertz CT molecular complexity index is 592. The van der Waals surface area contributed by atoms with Crippen molar-refractivity contribution in [3.05, 3.63) is 53.3 Å². The molecule has 1 saturated heterocycles. The number of benzene rings is 1. The molecule has 21 heavy (non-hydrogen) atoms. The number of amides is 1. The number of ether oxygens (including phenoxy) is 1. The van der Waals surface area contributed by atoms with Crippen molar-refractivity contribution in [3.8, 4) is 0 Å². The molecule has 3 rings (SSSR count). The molecule has 110 valence electrons. The maximum atomic E-state index is 12.3. The van der Waals surface area contributed by atoms with E-state index in [4.69, 9.17) is 4.74 Å². The van der Waals surface area contributed by atoms with Crippen LogP contribution in [0.15, 0.2) is 36.7 Å². The summed E-state index contributed by atoms with van der Waals surface area (Å²) >= 11 is 0. The summed E-state index contributed by atoms with van der Waals surface area (Å²) in [7, 11) is 0. The molecule has 2 heterocycles. The summed E-state index contributed by atoms with van der Waals surface area (Å²) in [5, 5.41) is 6.51. The van der Waals surface area contributed by atoms with E-state index < -0.39 is 0 Å². The first kappa shape index (κ1) is 13.8. The van der Waals surface area contributed by atoms with Gasteiger partial charge in [-0.05, 0) is 17.5 Å². The van der Waals surface area contributed by atoms with Gasteiger partial charge in [-0.25, -0.2) is 0 Å². The Hall–Kier alpha value is -2.14. The highest BCUT2D eigenvalue weighted by molar-refractivity contribution is 5.93. The summed E-state index contributed by atoms with van der Waals surface area (Å²) in [4.78, 5) is 14.2. The van der Waals surface area contributed by atoms with Gasteiger partial charge in [0.25, 0.3) is 5.91 Å². The lowest BCUT2D eigenvalue weighted by atomic mass is 10.0. The summed E-state index contributed by atoms with van der Waals surface area (Å²) in [5.74, 6) is 0.00206. The zero-order valence-corrected chi connectivity index (χ0v) is 12.1. The molecule has 1 atom stereocenters. The number of aromatic nitrogens is 2. The van der Waals surface area contributed by atoms with Crippen LogP contribution in [0.1, 0.15) is 34.5 Å². The summed E-state index contributed by atoms with van der Waals surface area (Å²) in [6, 6.07) is 8.43. The van der Waals surface area contributed by atoms with Crippen LogP contribution in [-0.4, -0.2) is 40.7 Å². The number of hydrogen-bond donors (Lipinski definition) is 1. The second kappa shape index (κ2) is 6.10. The predicted molar refractivity (Wildman–Crippen MR) is 79.0 cm³/mol. The molecule has 1 aliphatic rings. The number of rotatable bonds is 3. The van der Waals surface area contributed by atoms with Crippen molar-refractivity contribution >= 4 is 5.91 Å². The predicted octanol–water partition coefficient (Wildman–Crippen LogP) is 2.19. The van der Waals surface area contributed by atoms with Crippen LogP contribution in [0.3, 0.4) is 0 Å². The fourth-order valence-corrected chi connectivity index (χ4v) is 2.55. The highest BCUT2D eigenvalue weighted by Crippen LogP contribution is 2.23. The molecule has 5 heteroatoms. The van der Waals surface area contributed by atoms with Crippen LogP contribution in [0.5, 0.6) is 0 Å². The van der Waals surface area contributed by atoms with Crippen LogP contribution in [-0.2, 0) is 11.2 Å². The van der Waals surface area contributed by atoms with Crippen molar-refractivity contribution in [3.63, 3.8) is 0 Å². The number of aryl methyl sites for hydroxylation is 1. The third-order valence-electron chi connectivity index (χ3n) is 3.86. The molecule has 1 aliphatic heterocycles. The fraction of sp³-hybridized carbons (Fsp3) is 0.375. The van der Waals surface area contributed by atoms with Gasteiger partial charge >= 0.3 is 0 Å². The maximum Gasteiger partial charge on any atom is 0.257 e. The molecule has 2 aromatic rings. The summed E-state index contributed by atoms with van der Waals surface area (Å²) in [5.41, 5.74) is 3.02. The van der Waals surface area contributed by atoms with Gasteiger partial charge in [0.05, 0.1) is 24.9 Å². The lowest BCUT2D eigenvalue weighted by molar-refractivity contribution is -0.0228. The van der Waals surface area contributed by atoms with Crippen molar-refractivity contribution < 1.29 is 9.53 Å². The molecule has 1 fully saturated rings. The molecule has 0 spiro atoms. The number of nitrogens with one attached hydrogen (secondary N) is 1. The first-order valence-corrected chi connectivity index (χ1v) is 7.26.